The summed E-state index contributed by atoms with van der Waals surface area (Å²) in [7, 11) is 1.56. The van der Waals surface area contributed by atoms with E-state index in [0.717, 1.165) is 14.7 Å². The van der Waals surface area contributed by atoms with Gasteiger partial charge in [0.2, 0.25) is 11.8 Å². The number of carbonyl (C=O) groups is 2. The van der Waals surface area contributed by atoms with Gasteiger partial charge in [-0.3, -0.25) is 4.79 Å². The largest absolute Gasteiger partial charge is 0.493 e. The summed E-state index contributed by atoms with van der Waals surface area (Å²) in [5.74, 6) is 0.642. The second-order valence-electron chi connectivity index (χ2n) is 7.42. The monoisotopic (exact) mass is 568 g/mol. The summed E-state index contributed by atoms with van der Waals surface area (Å²) in [6, 6.07) is 20.4. The standard InChI is InChI=1S/C26H21IN2O5/c1-16(30)28-21-10-6-19(7-11-21)25-29-22(26(31)34-25)13-18-5-12-23(24(14-18)32-2)33-15-17-3-8-20(27)9-4-17/h3-14H,15H2,1-2H3,(H,28,30)/b22-13-. The minimum atomic E-state index is -0.543. The van der Waals surface area contributed by atoms with Crippen molar-refractivity contribution in [3.63, 3.8) is 0 Å². The molecule has 1 N–H and O–H groups in total. The summed E-state index contributed by atoms with van der Waals surface area (Å²) in [5.41, 5.74) is 3.22. The fraction of sp³-hybridized carbons (Fsp3) is 0.115. The first-order valence-corrected chi connectivity index (χ1v) is 11.4. The molecule has 1 aliphatic heterocycles. The van der Waals surface area contributed by atoms with Crippen LogP contribution in [0, 0.1) is 3.57 Å². The number of aliphatic imine (C=N–C) groups is 1. The van der Waals surface area contributed by atoms with Gasteiger partial charge in [0, 0.05) is 21.7 Å². The Morgan fingerprint density at radius 3 is 2.47 bits per heavy atom. The molecule has 3 aromatic carbocycles. The minimum absolute atomic E-state index is 0.163. The molecule has 8 heteroatoms. The van der Waals surface area contributed by atoms with Crippen molar-refractivity contribution in [2.75, 3.05) is 12.4 Å². The number of nitrogens with one attached hydrogen (secondary N) is 1. The molecule has 0 aromatic heterocycles. The van der Waals surface area contributed by atoms with Crippen LogP contribution in [0.3, 0.4) is 0 Å². The van der Waals surface area contributed by atoms with Gasteiger partial charge in [0.25, 0.3) is 0 Å². The van der Waals surface area contributed by atoms with Gasteiger partial charge in [0.15, 0.2) is 17.2 Å². The van der Waals surface area contributed by atoms with Gasteiger partial charge in [-0.2, -0.15) is 0 Å². The Morgan fingerprint density at radius 1 is 1.06 bits per heavy atom. The molecule has 172 valence electrons. The Balaban J connectivity index is 1.50. The topological polar surface area (TPSA) is 86.2 Å². The summed E-state index contributed by atoms with van der Waals surface area (Å²) < 4.78 is 17.9. The molecule has 3 aromatic rings. The summed E-state index contributed by atoms with van der Waals surface area (Å²) >= 11 is 2.26. The second-order valence-corrected chi connectivity index (χ2v) is 8.67. The number of hydrogen-bond acceptors (Lipinski definition) is 6. The summed E-state index contributed by atoms with van der Waals surface area (Å²) in [6.45, 7) is 1.85. The molecule has 34 heavy (non-hydrogen) atoms. The molecule has 0 unspecified atom stereocenters. The van der Waals surface area contributed by atoms with E-state index in [-0.39, 0.29) is 17.5 Å². The van der Waals surface area contributed by atoms with Crippen molar-refractivity contribution in [2.45, 2.75) is 13.5 Å². The third-order valence-electron chi connectivity index (χ3n) is 4.87. The highest BCUT2D eigenvalue weighted by molar-refractivity contribution is 14.1. The number of carbonyl (C=O) groups excluding carboxylic acids is 2. The van der Waals surface area contributed by atoms with Gasteiger partial charge in [-0.25, -0.2) is 9.79 Å². The fourth-order valence-corrected chi connectivity index (χ4v) is 3.58. The first-order chi connectivity index (χ1) is 16.4. The summed E-state index contributed by atoms with van der Waals surface area (Å²) in [6.07, 6.45) is 1.63. The number of nitrogens with zero attached hydrogens (tertiary/aromatic N) is 1. The van der Waals surface area contributed by atoms with Crippen molar-refractivity contribution >= 4 is 52.1 Å². The first-order valence-electron chi connectivity index (χ1n) is 10.4. The van der Waals surface area contributed by atoms with Crippen LogP contribution in [0.25, 0.3) is 6.08 Å². The Labute approximate surface area is 210 Å². The summed E-state index contributed by atoms with van der Waals surface area (Å²) in [5, 5.41) is 2.69. The van der Waals surface area contributed by atoms with E-state index < -0.39 is 5.97 Å². The Kier molecular flexibility index (Phi) is 7.27. The highest BCUT2D eigenvalue weighted by atomic mass is 127. The van der Waals surface area contributed by atoms with Crippen molar-refractivity contribution in [1.29, 1.82) is 0 Å². The molecule has 0 bridgehead atoms. The zero-order chi connectivity index (χ0) is 24.1. The van der Waals surface area contributed by atoms with Crippen molar-refractivity contribution in [2.24, 2.45) is 4.99 Å². The Hall–Kier alpha value is -3.66. The van der Waals surface area contributed by atoms with Crippen molar-refractivity contribution < 1.29 is 23.8 Å². The number of cyclic esters (lactones) is 1. The number of hydrogen-bond donors (Lipinski definition) is 1. The number of anilines is 1. The number of ether oxygens (including phenoxy) is 3. The molecule has 0 saturated heterocycles. The molecule has 7 nitrogen and oxygen atoms in total. The van der Waals surface area contributed by atoms with Crippen LogP contribution in [-0.2, 0) is 20.9 Å². The predicted molar refractivity (Wildman–Crippen MR) is 138 cm³/mol. The zero-order valence-corrected chi connectivity index (χ0v) is 20.7. The lowest BCUT2D eigenvalue weighted by atomic mass is 10.1. The van der Waals surface area contributed by atoms with Gasteiger partial charge in [-0.15, -0.1) is 0 Å². The number of methoxy groups -OCH3 is 1. The molecular formula is C26H21IN2O5. The van der Waals surface area contributed by atoms with E-state index in [2.05, 4.69) is 32.9 Å². The molecular weight excluding hydrogens is 547 g/mol. The zero-order valence-electron chi connectivity index (χ0n) is 18.5. The smallest absolute Gasteiger partial charge is 0.363 e. The van der Waals surface area contributed by atoms with E-state index in [1.807, 2.05) is 30.3 Å². The maximum atomic E-state index is 12.4. The van der Waals surface area contributed by atoms with Crippen LogP contribution in [0.2, 0.25) is 0 Å². The van der Waals surface area contributed by atoms with Crippen LogP contribution in [0.5, 0.6) is 11.5 Å². The van der Waals surface area contributed by atoms with Crippen LogP contribution in [-0.4, -0.2) is 24.9 Å². The number of halogens is 1. The quantitative estimate of drug-likeness (QED) is 0.241. The van der Waals surface area contributed by atoms with Crippen LogP contribution < -0.4 is 14.8 Å². The lowest BCUT2D eigenvalue weighted by Crippen LogP contribution is -2.07. The maximum absolute atomic E-state index is 12.4. The van der Waals surface area contributed by atoms with E-state index in [0.29, 0.717) is 29.4 Å². The van der Waals surface area contributed by atoms with Gasteiger partial charge in [0.1, 0.15) is 6.61 Å². The molecule has 0 aliphatic carbocycles. The number of esters is 1. The SMILES string of the molecule is COc1cc(/C=C2\N=C(c3ccc(NC(C)=O)cc3)OC2=O)ccc1OCc1ccc(I)cc1. The Bertz CT molecular complexity index is 1280. The molecule has 0 saturated carbocycles. The average Bonchev–Trinajstić information content (AvgIpc) is 3.19. The van der Waals surface area contributed by atoms with E-state index in [4.69, 9.17) is 14.2 Å². The third-order valence-corrected chi connectivity index (χ3v) is 5.59. The number of benzene rings is 3. The van der Waals surface area contributed by atoms with E-state index >= 15 is 0 Å². The van der Waals surface area contributed by atoms with Gasteiger partial charge < -0.3 is 19.5 Å². The average molecular weight is 568 g/mol. The van der Waals surface area contributed by atoms with E-state index in [9.17, 15) is 9.59 Å². The van der Waals surface area contributed by atoms with Crippen LogP contribution >= 0.6 is 22.6 Å². The highest BCUT2D eigenvalue weighted by Gasteiger charge is 2.24. The van der Waals surface area contributed by atoms with Gasteiger partial charge in [-0.05, 0) is 88.3 Å². The maximum Gasteiger partial charge on any atom is 0.363 e. The van der Waals surface area contributed by atoms with Crippen LogP contribution in [0.1, 0.15) is 23.6 Å². The van der Waals surface area contributed by atoms with Crippen molar-refractivity contribution in [3.8, 4) is 11.5 Å². The molecule has 1 aliphatic rings. The lowest BCUT2D eigenvalue weighted by molar-refractivity contribution is -0.129. The fourth-order valence-electron chi connectivity index (χ4n) is 3.22. The van der Waals surface area contributed by atoms with Gasteiger partial charge in [0.05, 0.1) is 7.11 Å². The molecule has 4 rings (SSSR count). The van der Waals surface area contributed by atoms with Gasteiger partial charge >= 0.3 is 5.97 Å². The molecule has 0 atom stereocenters. The Morgan fingerprint density at radius 2 is 1.79 bits per heavy atom. The molecule has 0 fully saturated rings. The minimum Gasteiger partial charge on any atom is -0.493 e. The highest BCUT2D eigenvalue weighted by Crippen LogP contribution is 2.30. The lowest BCUT2D eigenvalue weighted by Gasteiger charge is -2.11. The summed E-state index contributed by atoms with van der Waals surface area (Å²) in [4.78, 5) is 27.9. The number of amides is 1. The molecule has 0 spiro atoms. The van der Waals surface area contributed by atoms with Gasteiger partial charge in [-0.1, -0.05) is 18.2 Å². The molecule has 0 radical (unpaired) electrons. The van der Waals surface area contributed by atoms with E-state index in [1.165, 1.54) is 6.92 Å². The molecule has 1 heterocycles. The van der Waals surface area contributed by atoms with Crippen molar-refractivity contribution in [3.05, 3.63) is 92.7 Å². The number of rotatable bonds is 7. The normalized spacial score (nSPS) is 13.9. The van der Waals surface area contributed by atoms with E-state index in [1.54, 1.807) is 49.6 Å². The van der Waals surface area contributed by atoms with Crippen LogP contribution in [0.4, 0.5) is 5.69 Å². The van der Waals surface area contributed by atoms with Crippen molar-refractivity contribution in [1.82, 2.24) is 0 Å². The van der Waals surface area contributed by atoms with Crippen LogP contribution in [0.15, 0.2) is 77.4 Å². The third kappa shape index (κ3) is 5.82. The molecule has 1 amide bonds. The predicted octanol–water partition coefficient (Wildman–Crippen LogP) is 5.18. The first kappa shape index (κ1) is 23.5. The second kappa shape index (κ2) is 10.5.